The van der Waals surface area contributed by atoms with Gasteiger partial charge >= 0.3 is 0 Å². The van der Waals surface area contributed by atoms with Gasteiger partial charge < -0.3 is 16.4 Å². The van der Waals surface area contributed by atoms with Crippen LogP contribution in [-0.2, 0) is 9.59 Å². The molecule has 7 nitrogen and oxygen atoms in total. The molecule has 1 aromatic carbocycles. The minimum atomic E-state index is -0.606. The van der Waals surface area contributed by atoms with E-state index < -0.39 is 11.2 Å². The maximum atomic E-state index is 11.9. The predicted octanol–water partition coefficient (Wildman–Crippen LogP) is 1.15. The Bertz CT molecular complexity index is 634. The predicted molar refractivity (Wildman–Crippen MR) is 83.6 cm³/mol. The van der Waals surface area contributed by atoms with Crippen molar-refractivity contribution in [3.8, 4) is 0 Å². The zero-order chi connectivity index (χ0) is 15.4. The Labute approximate surface area is 129 Å². The normalized spacial score (nSPS) is 19.4. The number of hydrogen-bond acceptors (Lipinski definition) is 4. The molecule has 110 valence electrons. The molecule has 1 heterocycles. The minimum Gasteiger partial charge on any atom is -0.368 e. The number of nitrogens with one attached hydrogen (secondary N) is 3. The number of aliphatic imine (C=N–C) groups is 1. The van der Waals surface area contributed by atoms with E-state index in [-0.39, 0.29) is 23.4 Å². The number of amides is 2. The summed E-state index contributed by atoms with van der Waals surface area (Å²) in [6.07, 6.45) is -0.0291. The van der Waals surface area contributed by atoms with Gasteiger partial charge in [0.15, 0.2) is 5.17 Å². The summed E-state index contributed by atoms with van der Waals surface area (Å²) in [6, 6.07) is 6.83. The highest BCUT2D eigenvalue weighted by Crippen LogP contribution is 2.24. The molecule has 0 saturated carbocycles. The average Bonchev–Trinajstić information content (AvgIpc) is 2.71. The molecule has 5 N–H and O–H groups in total. The van der Waals surface area contributed by atoms with Crippen LogP contribution in [0.1, 0.15) is 6.42 Å². The van der Waals surface area contributed by atoms with E-state index in [0.717, 1.165) is 11.8 Å². The maximum absolute atomic E-state index is 11.9. The van der Waals surface area contributed by atoms with Crippen molar-refractivity contribution in [2.24, 2.45) is 10.7 Å². The fraction of sp³-hybridized carbons (Fsp3) is 0.167. The summed E-state index contributed by atoms with van der Waals surface area (Å²) in [6.45, 7) is 0. The monoisotopic (exact) mass is 325 g/mol. The third-order valence-electron chi connectivity index (χ3n) is 2.52. The highest BCUT2D eigenvalue weighted by atomic mass is 35.5. The lowest BCUT2D eigenvalue weighted by Gasteiger charge is -2.08. The second-order valence-corrected chi connectivity index (χ2v) is 5.73. The number of carbonyl (C=O) groups excluding carboxylic acids is 2. The first-order chi connectivity index (χ1) is 9.95. The van der Waals surface area contributed by atoms with Crippen LogP contribution in [-0.4, -0.2) is 28.2 Å². The maximum Gasteiger partial charge on any atom is 0.240 e. The lowest BCUT2D eigenvalue weighted by atomic mass is 10.2. The number of thioether (sulfide) groups is 1. The number of rotatable bonds is 3. The van der Waals surface area contributed by atoms with Crippen LogP contribution in [0.5, 0.6) is 0 Å². The second kappa shape index (κ2) is 6.59. The van der Waals surface area contributed by atoms with Crippen molar-refractivity contribution in [2.45, 2.75) is 11.7 Å². The van der Waals surface area contributed by atoms with Crippen LogP contribution in [0.4, 0.5) is 5.69 Å². The van der Waals surface area contributed by atoms with Gasteiger partial charge in [-0.15, -0.1) is 0 Å². The molecule has 1 aliphatic heterocycles. The molecule has 1 fully saturated rings. The first kappa shape index (κ1) is 15.3. The fourth-order valence-corrected chi connectivity index (χ4v) is 2.80. The molecule has 1 aromatic rings. The van der Waals surface area contributed by atoms with Gasteiger partial charge in [-0.1, -0.05) is 35.5 Å². The van der Waals surface area contributed by atoms with E-state index in [1.54, 1.807) is 24.3 Å². The van der Waals surface area contributed by atoms with Crippen LogP contribution in [0.15, 0.2) is 29.3 Å². The average molecular weight is 326 g/mol. The van der Waals surface area contributed by atoms with E-state index in [4.69, 9.17) is 22.7 Å². The van der Waals surface area contributed by atoms with Crippen molar-refractivity contribution in [1.82, 2.24) is 5.32 Å². The van der Waals surface area contributed by atoms with E-state index in [0.29, 0.717) is 10.7 Å². The first-order valence-electron chi connectivity index (χ1n) is 5.90. The van der Waals surface area contributed by atoms with Gasteiger partial charge in [0, 0.05) is 6.42 Å². The van der Waals surface area contributed by atoms with Crippen molar-refractivity contribution in [3.05, 3.63) is 29.3 Å². The molecule has 2 rings (SSSR count). The molecule has 21 heavy (non-hydrogen) atoms. The Kier molecular flexibility index (Phi) is 4.81. The molecule has 9 heteroatoms. The van der Waals surface area contributed by atoms with Crippen LogP contribution >= 0.6 is 23.4 Å². The quantitative estimate of drug-likeness (QED) is 0.492. The van der Waals surface area contributed by atoms with Gasteiger partial charge in [0.2, 0.25) is 17.8 Å². The minimum absolute atomic E-state index is 0.0291. The van der Waals surface area contributed by atoms with E-state index in [1.807, 2.05) is 0 Å². The number of halogens is 1. The first-order valence-corrected chi connectivity index (χ1v) is 7.16. The number of guanidine groups is 1. The summed E-state index contributed by atoms with van der Waals surface area (Å²) in [5.41, 5.74) is 5.61. The number of amidine groups is 1. The molecule has 1 atom stereocenters. The van der Waals surface area contributed by atoms with E-state index >= 15 is 0 Å². The van der Waals surface area contributed by atoms with Gasteiger partial charge in [0.25, 0.3) is 0 Å². The van der Waals surface area contributed by atoms with Gasteiger partial charge in [0.05, 0.1) is 10.7 Å². The number of benzene rings is 1. The van der Waals surface area contributed by atoms with Crippen LogP contribution in [0.2, 0.25) is 5.02 Å². The summed E-state index contributed by atoms with van der Waals surface area (Å²) in [7, 11) is 0. The third-order valence-corrected chi connectivity index (χ3v) is 3.93. The van der Waals surface area contributed by atoms with Crippen LogP contribution in [0, 0.1) is 5.41 Å². The van der Waals surface area contributed by atoms with Crippen LogP contribution in [0.3, 0.4) is 0 Å². The van der Waals surface area contributed by atoms with Crippen molar-refractivity contribution >= 4 is 52.0 Å². The van der Waals surface area contributed by atoms with E-state index in [9.17, 15) is 9.59 Å². The van der Waals surface area contributed by atoms with Gasteiger partial charge in [0.1, 0.15) is 5.25 Å². The Morgan fingerprint density at radius 2 is 2.24 bits per heavy atom. The lowest BCUT2D eigenvalue weighted by molar-refractivity contribution is -0.122. The van der Waals surface area contributed by atoms with Crippen LogP contribution in [0.25, 0.3) is 0 Å². The lowest BCUT2D eigenvalue weighted by Crippen LogP contribution is -2.28. The number of carbonyl (C=O) groups is 2. The molecule has 0 bridgehead atoms. The Hall–Kier alpha value is -2.06. The summed E-state index contributed by atoms with van der Waals surface area (Å²) in [4.78, 5) is 27.3. The van der Waals surface area contributed by atoms with Gasteiger partial charge in [-0.05, 0) is 12.1 Å². The van der Waals surface area contributed by atoms with E-state index in [2.05, 4.69) is 15.6 Å². The fourth-order valence-electron chi connectivity index (χ4n) is 1.63. The topological polar surface area (TPSA) is 120 Å². The van der Waals surface area contributed by atoms with E-state index in [1.165, 1.54) is 0 Å². The molecule has 1 saturated heterocycles. The number of anilines is 1. The SMILES string of the molecule is N=C(N)N=C1NC(=O)C(CC(=O)Nc2ccccc2Cl)S1. The Morgan fingerprint density at radius 3 is 2.90 bits per heavy atom. The van der Waals surface area contributed by atoms with Crippen molar-refractivity contribution < 1.29 is 9.59 Å². The summed E-state index contributed by atoms with van der Waals surface area (Å²) >= 11 is 7.00. The van der Waals surface area contributed by atoms with Crippen molar-refractivity contribution in [1.29, 1.82) is 5.41 Å². The summed E-state index contributed by atoms with van der Waals surface area (Å²) < 4.78 is 0. The number of hydrogen-bond donors (Lipinski definition) is 4. The zero-order valence-corrected chi connectivity index (χ0v) is 12.3. The van der Waals surface area contributed by atoms with Crippen molar-refractivity contribution in [3.63, 3.8) is 0 Å². The molecular formula is C12H12ClN5O2S. The van der Waals surface area contributed by atoms with Gasteiger partial charge in [-0.2, -0.15) is 4.99 Å². The highest BCUT2D eigenvalue weighted by molar-refractivity contribution is 8.15. The molecule has 0 spiro atoms. The molecule has 1 unspecified atom stereocenters. The second-order valence-electron chi connectivity index (χ2n) is 4.13. The van der Waals surface area contributed by atoms with Gasteiger partial charge in [-0.3, -0.25) is 15.0 Å². The third kappa shape index (κ3) is 4.20. The molecular weight excluding hydrogens is 314 g/mol. The molecule has 0 aliphatic carbocycles. The summed E-state index contributed by atoms with van der Waals surface area (Å²) in [5, 5.41) is 12.2. The van der Waals surface area contributed by atoms with Gasteiger partial charge in [-0.25, -0.2) is 0 Å². The molecule has 1 aliphatic rings. The highest BCUT2D eigenvalue weighted by Gasteiger charge is 2.32. The smallest absolute Gasteiger partial charge is 0.240 e. The largest absolute Gasteiger partial charge is 0.368 e. The summed E-state index contributed by atoms with van der Waals surface area (Å²) in [5.74, 6) is -1.08. The Morgan fingerprint density at radius 1 is 1.52 bits per heavy atom. The van der Waals surface area contributed by atoms with Crippen molar-refractivity contribution in [2.75, 3.05) is 5.32 Å². The number of nitrogens with zero attached hydrogens (tertiary/aromatic N) is 1. The Balaban J connectivity index is 1.96. The molecule has 2 amide bonds. The number of para-hydroxylation sites is 1. The molecule has 0 radical (unpaired) electrons. The molecule has 0 aromatic heterocycles. The standard InChI is InChI=1S/C12H12ClN5O2S/c13-6-3-1-2-4-7(6)16-9(19)5-8-10(20)17-12(21-8)18-11(14)15/h1-4,8H,5H2,(H,16,19)(H4,14,15,17,18,20). The van der Waals surface area contributed by atoms with Crippen LogP contribution < -0.4 is 16.4 Å². The number of nitrogens with two attached hydrogens (primary N) is 1. The zero-order valence-electron chi connectivity index (χ0n) is 10.7.